The number of rotatable bonds is 5. The molecule has 0 spiro atoms. The largest absolute Gasteiger partial charge is 0.384 e. The molecule has 8 heteroatoms. The Kier molecular flexibility index (Phi) is 4.29. The van der Waals surface area contributed by atoms with Crippen LogP contribution in [0.15, 0.2) is 23.9 Å². The molecule has 0 saturated heterocycles. The third-order valence-corrected chi connectivity index (χ3v) is 2.81. The van der Waals surface area contributed by atoms with Crippen molar-refractivity contribution >= 4 is 23.4 Å². The van der Waals surface area contributed by atoms with Crippen molar-refractivity contribution in [1.82, 2.24) is 24.5 Å². The number of halogens is 1. The van der Waals surface area contributed by atoms with Gasteiger partial charge in [-0.15, -0.1) is 0 Å². The second-order valence-corrected chi connectivity index (χ2v) is 4.40. The van der Waals surface area contributed by atoms with Gasteiger partial charge in [0.25, 0.3) is 0 Å². The molecule has 0 saturated carbocycles. The van der Waals surface area contributed by atoms with E-state index in [1.54, 1.807) is 30.4 Å². The number of nitrogens with zero attached hydrogens (tertiary/aromatic N) is 5. The zero-order chi connectivity index (χ0) is 12.1. The molecule has 90 valence electrons. The van der Waals surface area contributed by atoms with E-state index in [4.69, 9.17) is 16.3 Å². The van der Waals surface area contributed by atoms with E-state index in [2.05, 4.69) is 19.9 Å². The first-order valence-corrected chi connectivity index (χ1v) is 6.17. The van der Waals surface area contributed by atoms with Crippen LogP contribution in [-0.2, 0) is 4.74 Å². The lowest BCUT2D eigenvalue weighted by molar-refractivity contribution is 0.218. The predicted molar refractivity (Wildman–Crippen MR) is 64.6 cm³/mol. The predicted octanol–water partition coefficient (Wildman–Crippen LogP) is 1.45. The highest BCUT2D eigenvalue weighted by atomic mass is 35.5. The van der Waals surface area contributed by atoms with E-state index in [0.29, 0.717) is 17.7 Å². The number of thioether (sulfide) groups is 1. The average Bonchev–Trinajstić information content (AvgIpc) is 2.82. The Hall–Kier alpha value is -1.18. The van der Waals surface area contributed by atoms with Gasteiger partial charge in [0, 0.05) is 25.3 Å². The molecule has 0 amide bonds. The van der Waals surface area contributed by atoms with E-state index in [1.807, 2.05) is 0 Å². The lowest BCUT2D eigenvalue weighted by atomic mass is 10.8. The topological polar surface area (TPSA) is 65.7 Å². The van der Waals surface area contributed by atoms with Gasteiger partial charge in [-0.2, -0.15) is 15.0 Å². The third kappa shape index (κ3) is 3.39. The lowest BCUT2D eigenvalue weighted by Crippen LogP contribution is -2.03. The maximum absolute atomic E-state index is 5.84. The third-order valence-electron chi connectivity index (χ3n) is 1.83. The first kappa shape index (κ1) is 12.3. The first-order chi connectivity index (χ1) is 8.29. The van der Waals surface area contributed by atoms with Gasteiger partial charge in [0.1, 0.15) is 6.33 Å². The summed E-state index contributed by atoms with van der Waals surface area (Å²) in [6.45, 7) is 0.633. The van der Waals surface area contributed by atoms with Gasteiger partial charge >= 0.3 is 0 Å². The van der Waals surface area contributed by atoms with Crippen LogP contribution in [0.3, 0.4) is 0 Å². The van der Waals surface area contributed by atoms with Gasteiger partial charge in [0.15, 0.2) is 5.16 Å². The van der Waals surface area contributed by atoms with Crippen molar-refractivity contribution in [2.75, 3.05) is 19.5 Å². The van der Waals surface area contributed by atoms with Crippen LogP contribution in [0.25, 0.3) is 5.95 Å². The van der Waals surface area contributed by atoms with Crippen molar-refractivity contribution in [1.29, 1.82) is 0 Å². The Labute approximate surface area is 107 Å². The van der Waals surface area contributed by atoms with Gasteiger partial charge in [-0.25, -0.2) is 4.98 Å². The average molecular weight is 272 g/mol. The highest BCUT2D eigenvalue weighted by molar-refractivity contribution is 7.99. The number of methoxy groups -OCH3 is 1. The van der Waals surface area contributed by atoms with E-state index in [-0.39, 0.29) is 5.28 Å². The summed E-state index contributed by atoms with van der Waals surface area (Å²) in [6.07, 6.45) is 5.00. The molecule has 2 rings (SSSR count). The van der Waals surface area contributed by atoms with Crippen LogP contribution in [0.2, 0.25) is 5.28 Å². The number of ether oxygens (including phenoxy) is 1. The van der Waals surface area contributed by atoms with Crippen molar-refractivity contribution in [3.8, 4) is 5.95 Å². The van der Waals surface area contributed by atoms with Gasteiger partial charge in [-0.3, -0.25) is 4.57 Å². The van der Waals surface area contributed by atoms with E-state index in [1.165, 1.54) is 11.8 Å². The molecule has 0 atom stereocenters. The molecular weight excluding hydrogens is 262 g/mol. The minimum atomic E-state index is 0.170. The minimum Gasteiger partial charge on any atom is -0.384 e. The fraction of sp³-hybridized carbons (Fsp3) is 0.333. The SMILES string of the molecule is COCCSc1nc(Cl)nc(-n2ccnc2)n1. The van der Waals surface area contributed by atoms with E-state index in [9.17, 15) is 0 Å². The van der Waals surface area contributed by atoms with Gasteiger partial charge in [0.2, 0.25) is 11.2 Å². The molecule has 0 fully saturated rings. The molecule has 0 N–H and O–H groups in total. The molecule has 17 heavy (non-hydrogen) atoms. The summed E-state index contributed by atoms with van der Waals surface area (Å²) in [7, 11) is 1.65. The first-order valence-electron chi connectivity index (χ1n) is 4.81. The molecule has 0 aromatic carbocycles. The van der Waals surface area contributed by atoms with Crippen molar-refractivity contribution in [2.45, 2.75) is 5.16 Å². The molecule has 2 heterocycles. The van der Waals surface area contributed by atoms with Crippen LogP contribution in [0.5, 0.6) is 0 Å². The monoisotopic (exact) mass is 271 g/mol. The molecule has 2 aromatic rings. The van der Waals surface area contributed by atoms with Crippen LogP contribution >= 0.6 is 23.4 Å². The zero-order valence-corrected chi connectivity index (χ0v) is 10.6. The van der Waals surface area contributed by atoms with Crippen LogP contribution in [-0.4, -0.2) is 44.0 Å². The van der Waals surface area contributed by atoms with Crippen LogP contribution in [0.4, 0.5) is 0 Å². The second-order valence-electron chi connectivity index (χ2n) is 3.00. The van der Waals surface area contributed by atoms with Gasteiger partial charge < -0.3 is 4.74 Å². The standard InChI is InChI=1S/C9H10ClN5OS/c1-16-4-5-17-9-13-7(10)12-8(14-9)15-3-2-11-6-15/h2-3,6H,4-5H2,1H3. The second kappa shape index (κ2) is 5.95. The Bertz CT molecular complexity index is 478. The summed E-state index contributed by atoms with van der Waals surface area (Å²) in [6, 6.07) is 0. The fourth-order valence-corrected chi connectivity index (χ4v) is 2.03. The summed E-state index contributed by atoms with van der Waals surface area (Å²) < 4.78 is 6.63. The highest BCUT2D eigenvalue weighted by Gasteiger charge is 2.06. The summed E-state index contributed by atoms with van der Waals surface area (Å²) in [4.78, 5) is 16.3. The zero-order valence-electron chi connectivity index (χ0n) is 9.08. The maximum Gasteiger partial charge on any atom is 0.240 e. The molecule has 0 aliphatic carbocycles. The Morgan fingerprint density at radius 3 is 3.00 bits per heavy atom. The molecule has 2 aromatic heterocycles. The lowest BCUT2D eigenvalue weighted by Gasteiger charge is -2.03. The molecule has 0 bridgehead atoms. The number of hydrogen-bond acceptors (Lipinski definition) is 6. The van der Waals surface area contributed by atoms with Crippen molar-refractivity contribution < 1.29 is 4.74 Å². The summed E-state index contributed by atoms with van der Waals surface area (Å²) >= 11 is 7.30. The van der Waals surface area contributed by atoms with E-state index in [0.717, 1.165) is 5.75 Å². The van der Waals surface area contributed by atoms with Gasteiger partial charge in [0.05, 0.1) is 6.61 Å². The van der Waals surface area contributed by atoms with Crippen LogP contribution in [0.1, 0.15) is 0 Å². The molecular formula is C9H10ClN5OS. The smallest absolute Gasteiger partial charge is 0.240 e. The molecule has 0 aliphatic heterocycles. The van der Waals surface area contributed by atoms with E-state index < -0.39 is 0 Å². The summed E-state index contributed by atoms with van der Waals surface area (Å²) in [5.74, 6) is 1.22. The van der Waals surface area contributed by atoms with Gasteiger partial charge in [-0.05, 0) is 11.6 Å². The Morgan fingerprint density at radius 2 is 2.29 bits per heavy atom. The summed E-state index contributed by atoms with van der Waals surface area (Å²) in [5, 5.41) is 0.745. The number of aromatic nitrogens is 5. The molecule has 0 radical (unpaired) electrons. The number of hydrogen-bond donors (Lipinski definition) is 0. The Balaban J connectivity index is 2.18. The molecule has 0 unspecified atom stereocenters. The Morgan fingerprint density at radius 1 is 1.41 bits per heavy atom. The molecule has 6 nitrogen and oxygen atoms in total. The maximum atomic E-state index is 5.84. The normalized spacial score (nSPS) is 10.7. The number of imidazole rings is 1. The fourth-order valence-electron chi connectivity index (χ4n) is 1.10. The van der Waals surface area contributed by atoms with Crippen LogP contribution < -0.4 is 0 Å². The quantitative estimate of drug-likeness (QED) is 0.606. The van der Waals surface area contributed by atoms with Crippen molar-refractivity contribution in [3.05, 3.63) is 24.0 Å². The van der Waals surface area contributed by atoms with E-state index >= 15 is 0 Å². The van der Waals surface area contributed by atoms with Crippen molar-refractivity contribution in [3.63, 3.8) is 0 Å². The van der Waals surface area contributed by atoms with Crippen LogP contribution in [0, 0.1) is 0 Å². The highest BCUT2D eigenvalue weighted by Crippen LogP contribution is 2.15. The minimum absolute atomic E-state index is 0.170. The summed E-state index contributed by atoms with van der Waals surface area (Å²) in [5.41, 5.74) is 0. The van der Waals surface area contributed by atoms with Gasteiger partial charge in [-0.1, -0.05) is 11.8 Å². The molecule has 0 aliphatic rings. The van der Waals surface area contributed by atoms with Crippen molar-refractivity contribution in [2.24, 2.45) is 0 Å².